The lowest BCUT2D eigenvalue weighted by atomic mass is 9.97. The third kappa shape index (κ3) is 8.28. The number of hydrogen-bond donors (Lipinski definition) is 1. The lowest BCUT2D eigenvalue weighted by Gasteiger charge is -2.22. The first-order chi connectivity index (χ1) is 17.1. The van der Waals surface area contributed by atoms with E-state index in [9.17, 15) is 23.2 Å². The van der Waals surface area contributed by atoms with Crippen molar-refractivity contribution in [3.63, 3.8) is 0 Å². The molecule has 5 nitrogen and oxygen atoms in total. The summed E-state index contributed by atoms with van der Waals surface area (Å²) in [6, 6.07) is 18.7. The SMILES string of the molecule is CC(COc1ccc(C(F)(F)F)cn1)C(=O)NC(CCc1ccc(Cl)cc1)Cc1cccc(C#N)c1. The maximum atomic E-state index is 12.9. The van der Waals surface area contributed by atoms with Crippen molar-refractivity contribution < 1.29 is 22.7 Å². The monoisotopic (exact) mass is 515 g/mol. The van der Waals surface area contributed by atoms with Crippen LogP contribution in [0.3, 0.4) is 0 Å². The van der Waals surface area contributed by atoms with Crippen molar-refractivity contribution in [3.05, 3.63) is 94.1 Å². The van der Waals surface area contributed by atoms with Gasteiger partial charge in [0.25, 0.3) is 0 Å². The molecule has 2 unspecified atom stereocenters. The van der Waals surface area contributed by atoms with E-state index in [0.717, 1.165) is 23.3 Å². The Balaban J connectivity index is 1.62. The first-order valence-electron chi connectivity index (χ1n) is 11.3. The van der Waals surface area contributed by atoms with Crippen LogP contribution in [0.25, 0.3) is 0 Å². The van der Waals surface area contributed by atoms with E-state index in [1.165, 1.54) is 0 Å². The Morgan fingerprint density at radius 2 is 1.89 bits per heavy atom. The number of hydrogen-bond acceptors (Lipinski definition) is 4. The molecule has 1 amide bonds. The van der Waals surface area contributed by atoms with E-state index in [4.69, 9.17) is 16.3 Å². The number of rotatable bonds is 10. The second kappa shape index (κ2) is 12.4. The van der Waals surface area contributed by atoms with Gasteiger partial charge in [-0.15, -0.1) is 0 Å². The summed E-state index contributed by atoms with van der Waals surface area (Å²) in [5, 5.41) is 12.9. The molecule has 0 radical (unpaired) electrons. The van der Waals surface area contributed by atoms with Crippen molar-refractivity contribution in [2.45, 2.75) is 38.4 Å². The minimum Gasteiger partial charge on any atom is -0.477 e. The average molecular weight is 516 g/mol. The van der Waals surface area contributed by atoms with E-state index in [0.29, 0.717) is 36.0 Å². The number of ether oxygens (including phenoxy) is 1. The van der Waals surface area contributed by atoms with Gasteiger partial charge in [-0.1, -0.05) is 42.8 Å². The van der Waals surface area contributed by atoms with Crippen LogP contribution in [-0.2, 0) is 23.8 Å². The van der Waals surface area contributed by atoms with Gasteiger partial charge in [0, 0.05) is 23.3 Å². The molecule has 9 heteroatoms. The van der Waals surface area contributed by atoms with Crippen LogP contribution in [-0.4, -0.2) is 23.5 Å². The lowest BCUT2D eigenvalue weighted by Crippen LogP contribution is -2.41. The van der Waals surface area contributed by atoms with Crippen LogP contribution in [0.4, 0.5) is 13.2 Å². The fourth-order valence-corrected chi connectivity index (χ4v) is 3.66. The van der Waals surface area contributed by atoms with Crippen LogP contribution in [0.5, 0.6) is 5.88 Å². The average Bonchev–Trinajstić information content (AvgIpc) is 2.86. The summed E-state index contributed by atoms with van der Waals surface area (Å²) in [7, 11) is 0. The first kappa shape index (κ1) is 27.0. The Morgan fingerprint density at radius 3 is 2.53 bits per heavy atom. The van der Waals surface area contributed by atoms with Gasteiger partial charge >= 0.3 is 6.18 Å². The number of carbonyl (C=O) groups excluding carboxylic acids is 1. The van der Waals surface area contributed by atoms with Crippen molar-refractivity contribution >= 4 is 17.5 Å². The second-order valence-corrected chi connectivity index (χ2v) is 8.92. The molecule has 0 fully saturated rings. The van der Waals surface area contributed by atoms with Crippen molar-refractivity contribution in [3.8, 4) is 11.9 Å². The molecule has 0 aliphatic rings. The van der Waals surface area contributed by atoms with Gasteiger partial charge in [-0.3, -0.25) is 4.79 Å². The number of benzene rings is 2. The highest BCUT2D eigenvalue weighted by Crippen LogP contribution is 2.29. The fourth-order valence-electron chi connectivity index (χ4n) is 3.53. The molecule has 0 aliphatic heterocycles. The van der Waals surface area contributed by atoms with Crippen LogP contribution in [0, 0.1) is 17.2 Å². The summed E-state index contributed by atoms with van der Waals surface area (Å²) in [6.07, 6.45) is -1.89. The summed E-state index contributed by atoms with van der Waals surface area (Å²) in [5.74, 6) is -0.813. The highest BCUT2D eigenvalue weighted by atomic mass is 35.5. The molecule has 1 N–H and O–H groups in total. The molecule has 3 aromatic rings. The number of nitriles is 1. The van der Waals surface area contributed by atoms with Crippen molar-refractivity contribution in [1.29, 1.82) is 5.26 Å². The van der Waals surface area contributed by atoms with Crippen molar-refractivity contribution in [2.75, 3.05) is 6.61 Å². The number of nitrogens with one attached hydrogen (secondary N) is 1. The Hall–Kier alpha value is -3.57. The molecule has 0 bridgehead atoms. The Morgan fingerprint density at radius 1 is 1.14 bits per heavy atom. The van der Waals surface area contributed by atoms with Gasteiger partial charge in [0.05, 0.1) is 23.1 Å². The van der Waals surface area contributed by atoms with E-state index in [1.807, 2.05) is 30.3 Å². The van der Waals surface area contributed by atoms with Crippen LogP contribution >= 0.6 is 11.6 Å². The highest BCUT2D eigenvalue weighted by Gasteiger charge is 2.30. The smallest absolute Gasteiger partial charge is 0.417 e. The molecular formula is C27H25ClF3N3O2. The largest absolute Gasteiger partial charge is 0.477 e. The zero-order chi connectivity index (χ0) is 26.1. The van der Waals surface area contributed by atoms with E-state index in [-0.39, 0.29) is 24.4 Å². The van der Waals surface area contributed by atoms with Crippen LogP contribution < -0.4 is 10.1 Å². The number of aryl methyl sites for hydroxylation is 1. The molecule has 0 saturated heterocycles. The molecule has 2 aromatic carbocycles. The van der Waals surface area contributed by atoms with Gasteiger partial charge in [0.1, 0.15) is 6.61 Å². The number of pyridine rings is 1. The molecule has 0 saturated carbocycles. The molecule has 3 rings (SSSR count). The van der Waals surface area contributed by atoms with E-state index in [2.05, 4.69) is 16.4 Å². The molecule has 188 valence electrons. The molecule has 0 aliphatic carbocycles. The normalized spacial score (nSPS) is 12.9. The van der Waals surface area contributed by atoms with Crippen molar-refractivity contribution in [2.24, 2.45) is 5.92 Å². The van der Waals surface area contributed by atoms with Crippen molar-refractivity contribution in [1.82, 2.24) is 10.3 Å². The molecule has 36 heavy (non-hydrogen) atoms. The minimum absolute atomic E-state index is 0.00950. The number of alkyl halides is 3. The highest BCUT2D eigenvalue weighted by molar-refractivity contribution is 6.30. The molecule has 0 spiro atoms. The minimum atomic E-state index is -4.48. The summed E-state index contributed by atoms with van der Waals surface area (Å²) in [4.78, 5) is 16.6. The predicted octanol–water partition coefficient (Wildman–Crippen LogP) is 6.00. The van der Waals surface area contributed by atoms with E-state index >= 15 is 0 Å². The van der Waals surface area contributed by atoms with Gasteiger partial charge in [0.15, 0.2) is 0 Å². The summed E-state index contributed by atoms with van der Waals surface area (Å²) in [6.45, 7) is 1.63. The zero-order valence-electron chi connectivity index (χ0n) is 19.6. The van der Waals surface area contributed by atoms with Gasteiger partial charge in [0.2, 0.25) is 11.8 Å². The number of amides is 1. The maximum Gasteiger partial charge on any atom is 0.417 e. The van der Waals surface area contributed by atoms with E-state index < -0.39 is 17.7 Å². The quantitative estimate of drug-likeness (QED) is 0.359. The standard InChI is InChI=1S/C27H25ClF3N3O2/c1-18(17-36-25-12-8-22(16-33-25)27(29,30)31)26(35)34-24(11-7-19-5-9-23(28)10-6-19)14-20-3-2-4-21(13-20)15-32/h2-6,8-10,12-13,16,18,24H,7,11,14,17H2,1H3,(H,34,35). The topological polar surface area (TPSA) is 75.0 Å². The second-order valence-electron chi connectivity index (χ2n) is 8.48. The Kier molecular flexibility index (Phi) is 9.31. The Labute approximate surface area is 212 Å². The Bertz CT molecular complexity index is 1190. The summed E-state index contributed by atoms with van der Waals surface area (Å²) >= 11 is 5.97. The summed E-state index contributed by atoms with van der Waals surface area (Å²) < 4.78 is 43.5. The number of carbonyl (C=O) groups is 1. The first-order valence-corrected chi connectivity index (χ1v) is 11.7. The lowest BCUT2D eigenvalue weighted by molar-refractivity contribution is -0.137. The summed E-state index contributed by atoms with van der Waals surface area (Å²) in [5.41, 5.74) is 1.67. The van der Waals surface area contributed by atoms with Crippen LogP contribution in [0.2, 0.25) is 5.02 Å². The van der Waals surface area contributed by atoms with Gasteiger partial charge in [-0.2, -0.15) is 18.4 Å². The van der Waals surface area contributed by atoms with Gasteiger partial charge in [-0.05, 0) is 60.7 Å². The predicted molar refractivity (Wildman–Crippen MR) is 130 cm³/mol. The number of halogens is 4. The van der Waals surface area contributed by atoms with Crippen LogP contribution in [0.1, 0.15) is 35.6 Å². The molecule has 1 heterocycles. The molecule has 2 atom stereocenters. The number of aromatic nitrogens is 1. The maximum absolute atomic E-state index is 12.9. The van der Waals surface area contributed by atoms with Gasteiger partial charge < -0.3 is 10.1 Å². The zero-order valence-corrected chi connectivity index (χ0v) is 20.3. The third-order valence-electron chi connectivity index (χ3n) is 5.57. The van der Waals surface area contributed by atoms with Crippen LogP contribution in [0.15, 0.2) is 66.9 Å². The fraction of sp³-hybridized carbons (Fsp3) is 0.296. The third-order valence-corrected chi connectivity index (χ3v) is 5.82. The molecule has 1 aromatic heterocycles. The van der Waals surface area contributed by atoms with E-state index in [1.54, 1.807) is 25.1 Å². The number of nitrogens with zero attached hydrogens (tertiary/aromatic N) is 2. The molecular weight excluding hydrogens is 491 g/mol. The van der Waals surface area contributed by atoms with Gasteiger partial charge in [-0.25, -0.2) is 4.98 Å².